The van der Waals surface area contributed by atoms with E-state index in [1.165, 1.54) is 12.3 Å². The summed E-state index contributed by atoms with van der Waals surface area (Å²) in [5, 5.41) is 0.423. The Morgan fingerprint density at radius 2 is 1.71 bits per heavy atom. The van der Waals surface area contributed by atoms with Gasteiger partial charge in [0, 0.05) is 17.0 Å². The van der Waals surface area contributed by atoms with E-state index >= 15 is 0 Å². The van der Waals surface area contributed by atoms with Gasteiger partial charge in [-0.25, -0.2) is 18.7 Å². The van der Waals surface area contributed by atoms with Crippen molar-refractivity contribution in [1.29, 1.82) is 0 Å². The molecule has 7 heteroatoms. The Bertz CT molecular complexity index is 1140. The minimum absolute atomic E-state index is 0.0207. The summed E-state index contributed by atoms with van der Waals surface area (Å²) < 4.78 is 27.6. The number of benzene rings is 2. The Kier molecular flexibility index (Phi) is 4.73. The molecule has 2 aromatic heterocycles. The first-order chi connectivity index (χ1) is 13.5. The number of halogens is 3. The monoisotopic (exact) mass is 398 g/mol. The van der Waals surface area contributed by atoms with E-state index in [1.54, 1.807) is 22.9 Å². The second-order valence-electron chi connectivity index (χ2n) is 6.59. The molecule has 0 bridgehead atoms. The van der Waals surface area contributed by atoms with Crippen molar-refractivity contribution in [2.45, 2.75) is 19.3 Å². The van der Waals surface area contributed by atoms with Gasteiger partial charge in [-0.2, -0.15) is 0 Å². The van der Waals surface area contributed by atoms with Crippen LogP contribution in [-0.4, -0.2) is 14.4 Å². The number of nitrogen functional groups attached to an aromatic ring is 1. The number of hydrogen-bond donors (Lipinski definition) is 1. The predicted octanol–water partition coefficient (Wildman–Crippen LogP) is 5.72. The number of nitrogens with zero attached hydrogens (tertiary/aromatic N) is 3. The van der Waals surface area contributed by atoms with Crippen LogP contribution in [0.2, 0.25) is 5.15 Å². The minimum atomic E-state index is -2.48. The van der Waals surface area contributed by atoms with E-state index in [-0.39, 0.29) is 11.5 Å². The molecule has 4 aromatic rings. The van der Waals surface area contributed by atoms with E-state index in [1.807, 2.05) is 37.3 Å². The number of imidazole rings is 1. The molecule has 0 fully saturated rings. The predicted molar refractivity (Wildman–Crippen MR) is 107 cm³/mol. The number of fused-ring (bicyclic) bond motifs is 1. The fourth-order valence-corrected chi connectivity index (χ4v) is 3.48. The Morgan fingerprint density at radius 1 is 1.00 bits per heavy atom. The van der Waals surface area contributed by atoms with Gasteiger partial charge < -0.3 is 5.73 Å². The molecule has 0 aliphatic rings. The fourth-order valence-electron chi connectivity index (χ4n) is 3.30. The van der Waals surface area contributed by atoms with E-state index in [4.69, 9.17) is 17.3 Å². The molecule has 0 spiro atoms. The number of anilines is 1. The molecule has 0 radical (unpaired) electrons. The van der Waals surface area contributed by atoms with Crippen LogP contribution in [0.4, 0.5) is 14.6 Å². The summed E-state index contributed by atoms with van der Waals surface area (Å²) >= 11 is 6.15. The lowest BCUT2D eigenvalue weighted by atomic mass is 9.91. The lowest BCUT2D eigenvalue weighted by Gasteiger charge is -2.14. The van der Waals surface area contributed by atoms with Crippen molar-refractivity contribution in [1.82, 2.24) is 14.4 Å². The molecule has 2 N–H and O–H groups in total. The van der Waals surface area contributed by atoms with Crippen molar-refractivity contribution < 1.29 is 8.78 Å². The molecule has 4 rings (SSSR count). The number of rotatable bonds is 4. The zero-order chi connectivity index (χ0) is 19.8. The molecule has 0 aliphatic heterocycles. The molecular weight excluding hydrogens is 382 g/mol. The fraction of sp³-hybridized carbons (Fsp3) is 0.143. The average molecular weight is 399 g/mol. The summed E-state index contributed by atoms with van der Waals surface area (Å²) in [6, 6.07) is 14.3. The van der Waals surface area contributed by atoms with Gasteiger partial charge in [-0.05, 0) is 17.2 Å². The Labute approximate surface area is 165 Å². The first-order valence-electron chi connectivity index (χ1n) is 8.71. The third-order valence-corrected chi connectivity index (χ3v) is 5.18. The van der Waals surface area contributed by atoms with Crippen LogP contribution in [0.5, 0.6) is 0 Å². The summed E-state index contributed by atoms with van der Waals surface area (Å²) in [6.07, 6.45) is 0.611. The van der Waals surface area contributed by atoms with Gasteiger partial charge in [-0.3, -0.25) is 4.40 Å². The molecule has 142 valence electrons. The summed E-state index contributed by atoms with van der Waals surface area (Å²) in [4.78, 5) is 8.52. The number of nitrogens with two attached hydrogens (primary N) is 1. The highest BCUT2D eigenvalue weighted by Crippen LogP contribution is 2.32. The lowest BCUT2D eigenvalue weighted by molar-refractivity contribution is 0.151. The van der Waals surface area contributed by atoms with Crippen molar-refractivity contribution in [3.63, 3.8) is 0 Å². The highest BCUT2D eigenvalue weighted by atomic mass is 35.5. The Balaban J connectivity index is 1.68. The minimum Gasteiger partial charge on any atom is -0.382 e. The van der Waals surface area contributed by atoms with Gasteiger partial charge >= 0.3 is 0 Å². The van der Waals surface area contributed by atoms with Gasteiger partial charge in [0.15, 0.2) is 0 Å². The van der Waals surface area contributed by atoms with Crippen LogP contribution in [0.15, 0.2) is 61.1 Å². The Morgan fingerprint density at radius 3 is 2.43 bits per heavy atom. The van der Waals surface area contributed by atoms with Crippen LogP contribution in [0, 0.1) is 0 Å². The third-order valence-electron chi connectivity index (χ3n) is 4.90. The molecule has 0 unspecified atom stereocenters. The normalized spacial score (nSPS) is 12.6. The van der Waals surface area contributed by atoms with Gasteiger partial charge in [-0.1, -0.05) is 61.0 Å². The van der Waals surface area contributed by atoms with Gasteiger partial charge in [0.2, 0.25) is 0 Å². The van der Waals surface area contributed by atoms with E-state index in [2.05, 4.69) is 9.97 Å². The zero-order valence-electron chi connectivity index (χ0n) is 15.0. The quantitative estimate of drug-likeness (QED) is 0.478. The maximum absolute atomic E-state index is 13.0. The summed E-state index contributed by atoms with van der Waals surface area (Å²) in [6.45, 7) is 1.99. The van der Waals surface area contributed by atoms with Gasteiger partial charge in [-0.15, -0.1) is 0 Å². The highest BCUT2D eigenvalue weighted by Gasteiger charge is 2.15. The maximum Gasteiger partial charge on any atom is 0.263 e. The van der Waals surface area contributed by atoms with Crippen LogP contribution in [-0.2, 0) is 0 Å². The van der Waals surface area contributed by atoms with Crippen LogP contribution in [0.3, 0.4) is 0 Å². The van der Waals surface area contributed by atoms with Crippen molar-refractivity contribution in [3.8, 4) is 11.3 Å². The molecule has 0 saturated heterocycles. The van der Waals surface area contributed by atoms with Gasteiger partial charge in [0.05, 0.1) is 11.9 Å². The zero-order valence-corrected chi connectivity index (χ0v) is 15.7. The molecule has 4 nitrogen and oxygen atoms in total. The molecule has 0 aliphatic carbocycles. The molecule has 2 aromatic carbocycles. The number of hydrogen-bond acceptors (Lipinski definition) is 3. The molecule has 0 saturated carbocycles. The second kappa shape index (κ2) is 7.20. The third kappa shape index (κ3) is 3.20. The van der Waals surface area contributed by atoms with Crippen LogP contribution >= 0.6 is 11.6 Å². The smallest absolute Gasteiger partial charge is 0.263 e. The highest BCUT2D eigenvalue weighted by molar-refractivity contribution is 6.29. The largest absolute Gasteiger partial charge is 0.382 e. The molecule has 1 atom stereocenters. The van der Waals surface area contributed by atoms with Crippen LogP contribution in [0.25, 0.3) is 16.8 Å². The van der Waals surface area contributed by atoms with Gasteiger partial charge in [0.1, 0.15) is 22.8 Å². The van der Waals surface area contributed by atoms with Crippen molar-refractivity contribution in [2.75, 3.05) is 5.73 Å². The topological polar surface area (TPSA) is 56.2 Å². The maximum atomic E-state index is 13.0. The van der Waals surface area contributed by atoms with Crippen molar-refractivity contribution in [3.05, 3.63) is 82.9 Å². The van der Waals surface area contributed by atoms with Crippen molar-refractivity contribution >= 4 is 22.9 Å². The van der Waals surface area contributed by atoms with E-state index in [0.29, 0.717) is 22.2 Å². The van der Waals surface area contributed by atoms with E-state index < -0.39 is 6.43 Å². The summed E-state index contributed by atoms with van der Waals surface area (Å²) in [7, 11) is 0. The molecule has 0 amide bonds. The SMILES string of the molecule is C[C@@H](c1ccc(-c2ncn3c(Cl)cnc(N)c23)cc1)c1cccc(C(F)F)c1. The van der Waals surface area contributed by atoms with Crippen molar-refractivity contribution in [2.24, 2.45) is 0 Å². The molecule has 28 heavy (non-hydrogen) atoms. The summed E-state index contributed by atoms with van der Waals surface area (Å²) in [5.41, 5.74) is 10.1. The van der Waals surface area contributed by atoms with E-state index in [0.717, 1.165) is 16.7 Å². The molecule has 2 heterocycles. The number of alkyl halides is 2. The average Bonchev–Trinajstić information content (AvgIpc) is 3.17. The molecular formula is C21H17ClF2N4. The van der Waals surface area contributed by atoms with Crippen LogP contribution in [0.1, 0.15) is 36.0 Å². The standard InChI is InChI=1S/C21H17ClF2N4/c1-12(15-3-2-4-16(9-15)20(23)24)13-5-7-14(8-6-13)18-19-21(25)26-10-17(22)28(19)11-27-18/h2-12,20H,1H3,(H2,25,26)/t12-/m0/s1. The van der Waals surface area contributed by atoms with E-state index in [9.17, 15) is 8.78 Å². The summed E-state index contributed by atoms with van der Waals surface area (Å²) in [5.74, 6) is 0.325. The lowest BCUT2D eigenvalue weighted by Crippen LogP contribution is -1.98. The Hall–Kier alpha value is -2.99. The van der Waals surface area contributed by atoms with Crippen LogP contribution < -0.4 is 5.73 Å². The van der Waals surface area contributed by atoms with Gasteiger partial charge in [0.25, 0.3) is 6.43 Å². The first kappa shape index (κ1) is 18.4. The number of aromatic nitrogens is 3. The first-order valence-corrected chi connectivity index (χ1v) is 9.09. The second-order valence-corrected chi connectivity index (χ2v) is 6.98.